The molecule has 0 fully saturated rings. The number of aromatic nitrogens is 2. The zero-order valence-electron chi connectivity index (χ0n) is 5.96. The lowest BCUT2D eigenvalue weighted by molar-refractivity contribution is 1.29. The van der Waals surface area contributed by atoms with Crippen LogP contribution in [-0.4, -0.2) is 9.97 Å². The van der Waals surface area contributed by atoms with Gasteiger partial charge in [-0.05, 0) is 18.2 Å². The molecule has 4 heteroatoms. The van der Waals surface area contributed by atoms with Crippen LogP contribution in [0.15, 0.2) is 24.4 Å². The molecule has 0 saturated carbocycles. The van der Waals surface area contributed by atoms with Gasteiger partial charge in [0.1, 0.15) is 5.15 Å². The zero-order chi connectivity index (χ0) is 8.55. The second-order valence-electron chi connectivity index (χ2n) is 2.31. The summed E-state index contributed by atoms with van der Waals surface area (Å²) in [4.78, 5) is 8.03. The van der Waals surface area contributed by atoms with Gasteiger partial charge in [0, 0.05) is 11.6 Å². The highest BCUT2D eigenvalue weighted by atomic mass is 35.5. The van der Waals surface area contributed by atoms with E-state index in [0.717, 1.165) is 5.39 Å². The second kappa shape index (κ2) is 2.88. The molecule has 0 bridgehead atoms. The van der Waals surface area contributed by atoms with Crippen molar-refractivity contribution in [3.63, 3.8) is 0 Å². The van der Waals surface area contributed by atoms with Gasteiger partial charge < -0.3 is 0 Å². The van der Waals surface area contributed by atoms with Crippen LogP contribution in [0.1, 0.15) is 0 Å². The SMILES string of the molecule is Clc1cc2cccnc2nc1Cl. The van der Waals surface area contributed by atoms with Crippen molar-refractivity contribution < 1.29 is 0 Å². The number of fused-ring (bicyclic) bond motifs is 1. The monoisotopic (exact) mass is 198 g/mol. The summed E-state index contributed by atoms with van der Waals surface area (Å²) in [7, 11) is 0. The van der Waals surface area contributed by atoms with Gasteiger partial charge in [-0.25, -0.2) is 9.97 Å². The Hall–Kier alpha value is -0.860. The zero-order valence-corrected chi connectivity index (χ0v) is 7.47. The predicted octanol–water partition coefficient (Wildman–Crippen LogP) is 2.94. The number of hydrogen-bond acceptors (Lipinski definition) is 2. The van der Waals surface area contributed by atoms with Gasteiger partial charge in [-0.2, -0.15) is 0 Å². The molecule has 0 unspecified atom stereocenters. The first-order valence-electron chi connectivity index (χ1n) is 3.34. The number of rotatable bonds is 0. The van der Waals surface area contributed by atoms with E-state index in [4.69, 9.17) is 23.2 Å². The highest BCUT2D eigenvalue weighted by Gasteiger charge is 2.01. The van der Waals surface area contributed by atoms with Crippen molar-refractivity contribution >= 4 is 34.2 Å². The van der Waals surface area contributed by atoms with E-state index in [1.807, 2.05) is 12.1 Å². The third kappa shape index (κ3) is 1.24. The lowest BCUT2D eigenvalue weighted by atomic mass is 10.3. The van der Waals surface area contributed by atoms with E-state index >= 15 is 0 Å². The van der Waals surface area contributed by atoms with Crippen LogP contribution in [0.25, 0.3) is 11.0 Å². The molecule has 0 aliphatic carbocycles. The van der Waals surface area contributed by atoms with Crippen molar-refractivity contribution in [2.45, 2.75) is 0 Å². The fraction of sp³-hybridized carbons (Fsp3) is 0. The third-order valence-electron chi connectivity index (χ3n) is 1.50. The topological polar surface area (TPSA) is 25.8 Å². The Morgan fingerprint density at radius 1 is 1.25 bits per heavy atom. The normalized spacial score (nSPS) is 10.5. The molecule has 2 heterocycles. The molecule has 2 aromatic rings. The van der Waals surface area contributed by atoms with Gasteiger partial charge in [0.15, 0.2) is 5.65 Å². The summed E-state index contributed by atoms with van der Waals surface area (Å²) >= 11 is 11.5. The molecule has 2 aromatic heterocycles. The maximum atomic E-state index is 5.77. The Morgan fingerprint density at radius 2 is 2.08 bits per heavy atom. The minimum absolute atomic E-state index is 0.294. The second-order valence-corrected chi connectivity index (χ2v) is 3.08. The molecule has 60 valence electrons. The summed E-state index contributed by atoms with van der Waals surface area (Å²) < 4.78 is 0. The molecule has 12 heavy (non-hydrogen) atoms. The van der Waals surface area contributed by atoms with Gasteiger partial charge in [0.05, 0.1) is 5.02 Å². The standard InChI is InChI=1S/C8H4Cl2N2/c9-6-4-5-2-1-3-11-8(5)12-7(6)10/h1-4H. The van der Waals surface area contributed by atoms with Crippen molar-refractivity contribution in [1.29, 1.82) is 0 Å². The fourth-order valence-electron chi connectivity index (χ4n) is 0.958. The number of pyridine rings is 2. The van der Waals surface area contributed by atoms with Crippen LogP contribution in [0.4, 0.5) is 0 Å². The Balaban J connectivity index is 2.84. The molecule has 0 N–H and O–H groups in total. The van der Waals surface area contributed by atoms with E-state index in [1.54, 1.807) is 12.3 Å². The molecule has 0 aliphatic rings. The van der Waals surface area contributed by atoms with Crippen molar-refractivity contribution in [1.82, 2.24) is 9.97 Å². The smallest absolute Gasteiger partial charge is 0.160 e. The van der Waals surface area contributed by atoms with Crippen molar-refractivity contribution in [2.24, 2.45) is 0 Å². The van der Waals surface area contributed by atoms with Gasteiger partial charge in [-0.15, -0.1) is 0 Å². The Labute approximate surface area is 79.2 Å². The van der Waals surface area contributed by atoms with Crippen LogP contribution < -0.4 is 0 Å². The van der Waals surface area contributed by atoms with E-state index in [-0.39, 0.29) is 0 Å². The Kier molecular flexibility index (Phi) is 1.87. The molecule has 0 radical (unpaired) electrons. The van der Waals surface area contributed by atoms with Gasteiger partial charge in [-0.3, -0.25) is 0 Å². The van der Waals surface area contributed by atoms with Crippen molar-refractivity contribution in [3.05, 3.63) is 34.6 Å². The van der Waals surface area contributed by atoms with E-state index in [9.17, 15) is 0 Å². The predicted molar refractivity (Wildman–Crippen MR) is 49.6 cm³/mol. The molecule has 0 aliphatic heterocycles. The molecule has 0 atom stereocenters. The summed E-state index contributed by atoms with van der Waals surface area (Å²) in [6, 6.07) is 5.46. The summed E-state index contributed by atoms with van der Waals surface area (Å²) in [5, 5.41) is 1.65. The number of hydrogen-bond donors (Lipinski definition) is 0. The van der Waals surface area contributed by atoms with E-state index in [0.29, 0.717) is 15.8 Å². The number of halogens is 2. The lowest BCUT2D eigenvalue weighted by Gasteiger charge is -1.97. The maximum Gasteiger partial charge on any atom is 0.160 e. The molecule has 0 spiro atoms. The average Bonchev–Trinajstić information content (AvgIpc) is 2.07. The first-order chi connectivity index (χ1) is 5.77. The molecule has 0 amide bonds. The average molecular weight is 199 g/mol. The molecule has 0 saturated heterocycles. The highest BCUT2D eigenvalue weighted by Crippen LogP contribution is 2.22. The van der Waals surface area contributed by atoms with Crippen molar-refractivity contribution in [3.8, 4) is 0 Å². The van der Waals surface area contributed by atoms with Crippen LogP contribution >= 0.6 is 23.2 Å². The summed E-state index contributed by atoms with van der Waals surface area (Å²) in [6.45, 7) is 0. The van der Waals surface area contributed by atoms with Crippen LogP contribution in [0.5, 0.6) is 0 Å². The van der Waals surface area contributed by atoms with Crippen LogP contribution in [0.3, 0.4) is 0 Å². The molecular formula is C8H4Cl2N2. The van der Waals surface area contributed by atoms with Gasteiger partial charge in [-0.1, -0.05) is 23.2 Å². The summed E-state index contributed by atoms with van der Waals surface area (Å²) in [5.41, 5.74) is 0.618. The third-order valence-corrected chi connectivity index (χ3v) is 2.17. The summed E-state index contributed by atoms with van der Waals surface area (Å²) in [6.07, 6.45) is 1.67. The van der Waals surface area contributed by atoms with Gasteiger partial charge in [0.2, 0.25) is 0 Å². The quantitative estimate of drug-likeness (QED) is 0.609. The minimum atomic E-state index is 0.294. The van der Waals surface area contributed by atoms with E-state index < -0.39 is 0 Å². The molecule has 2 nitrogen and oxygen atoms in total. The maximum absolute atomic E-state index is 5.77. The van der Waals surface area contributed by atoms with Gasteiger partial charge in [0.25, 0.3) is 0 Å². The first kappa shape index (κ1) is 7.77. The largest absolute Gasteiger partial charge is 0.237 e. The van der Waals surface area contributed by atoms with E-state index in [1.165, 1.54) is 0 Å². The molecule has 2 rings (SSSR count). The van der Waals surface area contributed by atoms with Crippen LogP contribution in [0, 0.1) is 0 Å². The molecule has 0 aromatic carbocycles. The molecular weight excluding hydrogens is 195 g/mol. The Bertz CT molecular complexity index is 388. The van der Waals surface area contributed by atoms with Crippen molar-refractivity contribution in [2.75, 3.05) is 0 Å². The highest BCUT2D eigenvalue weighted by molar-refractivity contribution is 6.41. The number of nitrogens with zero attached hydrogens (tertiary/aromatic N) is 2. The van der Waals surface area contributed by atoms with Crippen LogP contribution in [0.2, 0.25) is 10.2 Å². The Morgan fingerprint density at radius 3 is 2.92 bits per heavy atom. The minimum Gasteiger partial charge on any atom is -0.237 e. The lowest BCUT2D eigenvalue weighted by Crippen LogP contribution is -1.83. The van der Waals surface area contributed by atoms with E-state index in [2.05, 4.69) is 9.97 Å². The first-order valence-corrected chi connectivity index (χ1v) is 4.10. The summed E-state index contributed by atoms with van der Waals surface area (Å²) in [5.74, 6) is 0. The van der Waals surface area contributed by atoms with Crippen LogP contribution in [-0.2, 0) is 0 Å². The fourth-order valence-corrected chi connectivity index (χ4v) is 1.25. The van der Waals surface area contributed by atoms with Gasteiger partial charge >= 0.3 is 0 Å².